The van der Waals surface area contributed by atoms with Gasteiger partial charge in [0, 0.05) is 23.9 Å². The Hall–Kier alpha value is -3.83. The Labute approximate surface area is 205 Å². The third kappa shape index (κ3) is 3.09. The number of phenols is 1. The van der Waals surface area contributed by atoms with Crippen LogP contribution in [0.1, 0.15) is 22.3 Å². The Balaban J connectivity index is 1.66. The molecule has 3 aliphatic rings. The van der Waals surface area contributed by atoms with Crippen molar-refractivity contribution in [1.82, 2.24) is 14.9 Å². The molecule has 3 aliphatic carbocycles. The van der Waals surface area contributed by atoms with Gasteiger partial charge in [0.05, 0.1) is 17.5 Å². The maximum Gasteiger partial charge on any atom is 0.235 e. The molecule has 1 heterocycles. The first-order valence-corrected chi connectivity index (χ1v) is 11.5. The number of aliphatic hydroxyl groups is 1. The number of likely N-dealkylation sites (N-methyl/N-ethyl adjacent to an activating group) is 1. The summed E-state index contributed by atoms with van der Waals surface area (Å²) in [6, 6.07) is 3.39. The van der Waals surface area contributed by atoms with Gasteiger partial charge in [-0.05, 0) is 56.6 Å². The second-order valence-electron chi connectivity index (χ2n) is 9.85. The van der Waals surface area contributed by atoms with Gasteiger partial charge in [0.15, 0.2) is 40.5 Å². The van der Waals surface area contributed by atoms with E-state index in [9.17, 15) is 34.2 Å². The van der Waals surface area contributed by atoms with Crippen LogP contribution in [0, 0.1) is 23.7 Å². The zero-order chi connectivity index (χ0) is 26.1. The number of primary amides is 1. The van der Waals surface area contributed by atoms with Crippen molar-refractivity contribution in [2.45, 2.75) is 24.5 Å². The standard InChI is InChI=1S/C25H24N4O7/c1-29(2)18-13-9-10-8-12-11(24-27-6-3-7-28-24)4-5-14(30)16(12)19(31)15(10)21(33)25(13,36)22(34)17(20(18)32)23(26)35/h3-7,10,13,15,17-18,30,36H,8-9H2,1-2H3,(H2,26,35)/t10-,13-,15?,17?,18-,25-/m0/s1. The molecular weight excluding hydrogens is 468 g/mol. The summed E-state index contributed by atoms with van der Waals surface area (Å²) in [5.41, 5.74) is 3.45. The molecule has 2 fully saturated rings. The van der Waals surface area contributed by atoms with Crippen LogP contribution < -0.4 is 5.73 Å². The minimum absolute atomic E-state index is 0.0192. The van der Waals surface area contributed by atoms with Crippen LogP contribution in [0.25, 0.3) is 11.4 Å². The van der Waals surface area contributed by atoms with E-state index in [2.05, 4.69) is 9.97 Å². The number of benzene rings is 1. The highest BCUT2D eigenvalue weighted by molar-refractivity contribution is 6.32. The SMILES string of the molecule is CN(C)[C@@H]1C(=O)C(C(N)=O)C(=O)[C@@]2(O)C(=O)C3C(=O)c4c(O)ccc(-c5ncccn5)c4C[C@H]3C[C@@H]12. The molecule has 2 aromatic rings. The maximum atomic E-state index is 13.8. The predicted octanol–water partition coefficient (Wildman–Crippen LogP) is -0.676. The molecule has 11 heteroatoms. The molecule has 1 aromatic carbocycles. The molecule has 0 spiro atoms. The Bertz CT molecular complexity index is 1340. The molecule has 6 atom stereocenters. The minimum atomic E-state index is -2.74. The average Bonchev–Trinajstić information content (AvgIpc) is 2.81. The number of aromatic nitrogens is 2. The molecule has 0 radical (unpaired) electrons. The number of nitrogens with two attached hydrogens (primary N) is 1. The Morgan fingerprint density at radius 1 is 1.11 bits per heavy atom. The van der Waals surface area contributed by atoms with Crippen molar-refractivity contribution in [3.8, 4) is 17.1 Å². The van der Waals surface area contributed by atoms with Gasteiger partial charge in [-0.2, -0.15) is 0 Å². The molecule has 5 rings (SSSR count). The lowest BCUT2D eigenvalue weighted by atomic mass is 9.52. The zero-order valence-corrected chi connectivity index (χ0v) is 19.5. The lowest BCUT2D eigenvalue weighted by molar-refractivity contribution is -0.181. The van der Waals surface area contributed by atoms with Crippen LogP contribution in [0.2, 0.25) is 0 Å². The van der Waals surface area contributed by atoms with Gasteiger partial charge in [0.1, 0.15) is 5.75 Å². The molecule has 186 valence electrons. The number of nitrogens with zero attached hydrogens (tertiary/aromatic N) is 3. The molecule has 0 aliphatic heterocycles. The van der Waals surface area contributed by atoms with Crippen LogP contribution in [0.5, 0.6) is 5.75 Å². The Kier molecular flexibility index (Phi) is 5.38. The second-order valence-corrected chi connectivity index (χ2v) is 9.85. The first-order valence-electron chi connectivity index (χ1n) is 11.5. The minimum Gasteiger partial charge on any atom is -0.507 e. The summed E-state index contributed by atoms with van der Waals surface area (Å²) < 4.78 is 0. The summed E-state index contributed by atoms with van der Waals surface area (Å²) in [5, 5.41) is 22.1. The number of carbonyl (C=O) groups is 5. The smallest absolute Gasteiger partial charge is 0.235 e. The number of carbonyl (C=O) groups excluding carboxylic acids is 5. The monoisotopic (exact) mass is 492 g/mol. The van der Waals surface area contributed by atoms with Gasteiger partial charge >= 0.3 is 0 Å². The van der Waals surface area contributed by atoms with Crippen molar-refractivity contribution in [3.05, 3.63) is 41.7 Å². The normalized spacial score (nSPS) is 31.6. The Morgan fingerprint density at radius 2 is 1.78 bits per heavy atom. The summed E-state index contributed by atoms with van der Waals surface area (Å²) in [5.74, 6) is -10.4. The molecule has 2 saturated carbocycles. The third-order valence-electron chi connectivity index (χ3n) is 7.75. The van der Waals surface area contributed by atoms with E-state index >= 15 is 0 Å². The second kappa shape index (κ2) is 8.10. The molecule has 2 unspecified atom stereocenters. The molecule has 4 N–H and O–H groups in total. The number of hydrogen-bond acceptors (Lipinski definition) is 10. The number of hydrogen-bond donors (Lipinski definition) is 3. The van der Waals surface area contributed by atoms with Crippen molar-refractivity contribution in [1.29, 1.82) is 0 Å². The summed E-state index contributed by atoms with van der Waals surface area (Å²) in [6.07, 6.45) is 3.20. The summed E-state index contributed by atoms with van der Waals surface area (Å²) >= 11 is 0. The third-order valence-corrected chi connectivity index (χ3v) is 7.75. The predicted molar refractivity (Wildman–Crippen MR) is 122 cm³/mol. The number of ketones is 4. The van der Waals surface area contributed by atoms with Gasteiger partial charge in [0.25, 0.3) is 0 Å². The van der Waals surface area contributed by atoms with Crippen LogP contribution >= 0.6 is 0 Å². The number of fused-ring (bicyclic) bond motifs is 3. The number of phenolic OH excluding ortho intramolecular Hbond substituents is 1. The van der Waals surface area contributed by atoms with E-state index in [0.29, 0.717) is 17.0 Å². The van der Waals surface area contributed by atoms with Crippen molar-refractivity contribution in [3.63, 3.8) is 0 Å². The van der Waals surface area contributed by atoms with Gasteiger partial charge in [-0.1, -0.05) is 0 Å². The molecule has 1 amide bonds. The number of aromatic hydroxyl groups is 1. The van der Waals surface area contributed by atoms with Crippen LogP contribution in [0.3, 0.4) is 0 Å². The lowest BCUT2D eigenvalue weighted by Crippen LogP contribution is -2.74. The van der Waals surface area contributed by atoms with Crippen molar-refractivity contribution >= 4 is 29.0 Å². The fraction of sp³-hybridized carbons (Fsp3) is 0.400. The summed E-state index contributed by atoms with van der Waals surface area (Å²) in [6.45, 7) is 0. The first-order chi connectivity index (χ1) is 17.0. The molecule has 36 heavy (non-hydrogen) atoms. The van der Waals surface area contributed by atoms with E-state index in [1.165, 1.54) is 37.5 Å². The van der Waals surface area contributed by atoms with Gasteiger partial charge in [-0.3, -0.25) is 28.9 Å². The molecule has 0 saturated heterocycles. The van der Waals surface area contributed by atoms with Gasteiger partial charge in [-0.25, -0.2) is 9.97 Å². The zero-order valence-electron chi connectivity index (χ0n) is 19.5. The molecule has 1 aromatic heterocycles. The summed E-state index contributed by atoms with van der Waals surface area (Å²) in [4.78, 5) is 75.8. The van der Waals surface area contributed by atoms with Gasteiger partial charge < -0.3 is 15.9 Å². The van der Waals surface area contributed by atoms with E-state index in [1.807, 2.05) is 0 Å². The van der Waals surface area contributed by atoms with Gasteiger partial charge in [0.2, 0.25) is 5.91 Å². The van der Waals surface area contributed by atoms with Crippen molar-refractivity contribution in [2.75, 3.05) is 14.1 Å². The van der Waals surface area contributed by atoms with Gasteiger partial charge in [-0.15, -0.1) is 0 Å². The number of Topliss-reactive ketones (excluding diaryl/α,β-unsaturated/α-hetero) is 4. The summed E-state index contributed by atoms with van der Waals surface area (Å²) in [7, 11) is 3.08. The number of rotatable bonds is 3. The largest absolute Gasteiger partial charge is 0.507 e. The van der Waals surface area contributed by atoms with Crippen LogP contribution in [-0.2, 0) is 25.6 Å². The van der Waals surface area contributed by atoms with Crippen LogP contribution in [0.4, 0.5) is 0 Å². The van der Waals surface area contributed by atoms with E-state index in [1.54, 1.807) is 12.1 Å². The number of amides is 1. The fourth-order valence-corrected chi connectivity index (χ4v) is 6.25. The fourth-order valence-electron chi connectivity index (χ4n) is 6.25. The lowest BCUT2D eigenvalue weighted by Gasteiger charge is -2.52. The molecular formula is C25H24N4O7. The van der Waals surface area contributed by atoms with E-state index in [4.69, 9.17) is 5.73 Å². The van der Waals surface area contributed by atoms with Crippen molar-refractivity contribution in [2.24, 2.45) is 29.4 Å². The first kappa shape index (κ1) is 23.9. The highest BCUT2D eigenvalue weighted by atomic mass is 16.3. The highest BCUT2D eigenvalue weighted by Crippen LogP contribution is 2.51. The van der Waals surface area contributed by atoms with Crippen molar-refractivity contribution < 1.29 is 34.2 Å². The van der Waals surface area contributed by atoms with E-state index < -0.39 is 64.4 Å². The Morgan fingerprint density at radius 3 is 2.39 bits per heavy atom. The molecule has 11 nitrogen and oxygen atoms in total. The topological polar surface area (TPSA) is 181 Å². The van der Waals surface area contributed by atoms with Crippen LogP contribution in [-0.4, -0.2) is 79.9 Å². The molecule has 0 bridgehead atoms. The quantitative estimate of drug-likeness (QED) is 0.465. The average molecular weight is 492 g/mol. The highest BCUT2D eigenvalue weighted by Gasteiger charge is 2.69. The van der Waals surface area contributed by atoms with Crippen LogP contribution in [0.15, 0.2) is 30.6 Å². The maximum absolute atomic E-state index is 13.8. The van der Waals surface area contributed by atoms with E-state index in [0.717, 1.165) is 0 Å². The van der Waals surface area contributed by atoms with E-state index in [-0.39, 0.29) is 24.2 Å².